The van der Waals surface area contributed by atoms with E-state index in [0.717, 1.165) is 11.1 Å². The van der Waals surface area contributed by atoms with Crippen LogP contribution in [0.15, 0.2) is 42.6 Å². The first-order valence-electron chi connectivity index (χ1n) is 6.31. The Morgan fingerprint density at radius 3 is 2.70 bits per heavy atom. The number of rotatable bonds is 4. The van der Waals surface area contributed by atoms with Crippen LogP contribution in [0.2, 0.25) is 0 Å². The van der Waals surface area contributed by atoms with Crippen molar-refractivity contribution < 1.29 is 9.90 Å². The van der Waals surface area contributed by atoms with Gasteiger partial charge in [-0.2, -0.15) is 0 Å². The van der Waals surface area contributed by atoms with E-state index in [-0.39, 0.29) is 11.7 Å². The normalized spacial score (nSPS) is 11.9. The van der Waals surface area contributed by atoms with Gasteiger partial charge >= 0.3 is 0 Å². The second-order valence-corrected chi connectivity index (χ2v) is 4.68. The molecule has 1 aromatic carbocycles. The van der Waals surface area contributed by atoms with Gasteiger partial charge in [0.1, 0.15) is 11.6 Å². The van der Waals surface area contributed by atoms with Crippen molar-refractivity contribution in [1.82, 2.24) is 4.98 Å². The molecule has 1 heterocycles. The summed E-state index contributed by atoms with van der Waals surface area (Å²) in [7, 11) is 0. The number of nitrogens with two attached hydrogens (primary N) is 1. The standard InChI is InChI=1S/C15H17N3O2/c1-10-6-7-17-14(8-10)18-15(20)13(16)9-11-2-4-12(19)5-3-11/h2-8,13,19H,9,16H2,1H3,(H,17,18,20)/t13-/m1/s1. The number of hydrogen-bond acceptors (Lipinski definition) is 4. The number of carbonyl (C=O) groups excluding carboxylic acids is 1. The van der Waals surface area contributed by atoms with Crippen LogP contribution >= 0.6 is 0 Å². The predicted octanol–water partition coefficient (Wildman–Crippen LogP) is 1.60. The summed E-state index contributed by atoms with van der Waals surface area (Å²) >= 11 is 0. The van der Waals surface area contributed by atoms with Gasteiger partial charge in [-0.25, -0.2) is 4.98 Å². The number of hydrogen-bond donors (Lipinski definition) is 3. The number of benzene rings is 1. The van der Waals surface area contributed by atoms with Crippen LogP contribution in [0.5, 0.6) is 5.75 Å². The first-order chi connectivity index (χ1) is 9.54. The number of phenols is 1. The van der Waals surface area contributed by atoms with E-state index in [1.807, 2.05) is 13.0 Å². The molecule has 0 aliphatic rings. The summed E-state index contributed by atoms with van der Waals surface area (Å²) in [6.45, 7) is 1.92. The van der Waals surface area contributed by atoms with E-state index in [9.17, 15) is 9.90 Å². The summed E-state index contributed by atoms with van der Waals surface area (Å²) in [6.07, 6.45) is 2.04. The van der Waals surface area contributed by atoms with Crippen LogP contribution in [0.4, 0.5) is 5.82 Å². The average Bonchev–Trinajstić information content (AvgIpc) is 2.41. The van der Waals surface area contributed by atoms with Crippen molar-refractivity contribution in [3.05, 3.63) is 53.7 Å². The number of aryl methyl sites for hydroxylation is 1. The second kappa shape index (κ2) is 6.16. The Labute approximate surface area is 117 Å². The minimum Gasteiger partial charge on any atom is -0.508 e. The minimum atomic E-state index is -0.665. The van der Waals surface area contributed by atoms with Gasteiger partial charge in [0, 0.05) is 6.20 Å². The molecule has 5 nitrogen and oxygen atoms in total. The third kappa shape index (κ3) is 3.80. The van der Waals surface area contributed by atoms with Crippen molar-refractivity contribution in [2.24, 2.45) is 5.73 Å². The monoisotopic (exact) mass is 271 g/mol. The molecule has 5 heteroatoms. The van der Waals surface area contributed by atoms with E-state index >= 15 is 0 Å². The zero-order chi connectivity index (χ0) is 14.5. The third-order valence-corrected chi connectivity index (χ3v) is 2.90. The van der Waals surface area contributed by atoms with Gasteiger partial charge in [-0.1, -0.05) is 12.1 Å². The quantitative estimate of drug-likeness (QED) is 0.788. The molecule has 0 aliphatic carbocycles. The molecule has 0 bridgehead atoms. The van der Waals surface area contributed by atoms with Crippen LogP contribution < -0.4 is 11.1 Å². The molecule has 104 valence electrons. The summed E-state index contributed by atoms with van der Waals surface area (Å²) in [5.41, 5.74) is 7.78. The van der Waals surface area contributed by atoms with E-state index in [1.54, 1.807) is 36.5 Å². The van der Waals surface area contributed by atoms with Gasteiger partial charge in [-0.05, 0) is 48.7 Å². The van der Waals surface area contributed by atoms with Crippen LogP contribution in [0.3, 0.4) is 0 Å². The van der Waals surface area contributed by atoms with Crippen molar-refractivity contribution in [2.45, 2.75) is 19.4 Å². The Morgan fingerprint density at radius 2 is 2.05 bits per heavy atom. The van der Waals surface area contributed by atoms with Crippen LogP contribution in [0.25, 0.3) is 0 Å². The minimum absolute atomic E-state index is 0.190. The molecule has 0 fully saturated rings. The highest BCUT2D eigenvalue weighted by molar-refractivity contribution is 5.94. The molecule has 20 heavy (non-hydrogen) atoms. The number of carbonyl (C=O) groups is 1. The molecule has 4 N–H and O–H groups in total. The lowest BCUT2D eigenvalue weighted by Crippen LogP contribution is -2.37. The predicted molar refractivity (Wildman–Crippen MR) is 77.4 cm³/mol. The number of aromatic hydroxyl groups is 1. The molecule has 0 spiro atoms. The number of anilines is 1. The summed E-state index contributed by atoms with van der Waals surface area (Å²) < 4.78 is 0. The highest BCUT2D eigenvalue weighted by Gasteiger charge is 2.14. The zero-order valence-corrected chi connectivity index (χ0v) is 11.2. The number of aromatic nitrogens is 1. The third-order valence-electron chi connectivity index (χ3n) is 2.90. The summed E-state index contributed by atoms with van der Waals surface area (Å²) in [5, 5.41) is 11.9. The Balaban J connectivity index is 1.96. The van der Waals surface area contributed by atoms with E-state index in [4.69, 9.17) is 5.73 Å². The molecule has 1 aromatic heterocycles. The zero-order valence-electron chi connectivity index (χ0n) is 11.2. The lowest BCUT2D eigenvalue weighted by Gasteiger charge is -2.12. The van der Waals surface area contributed by atoms with E-state index < -0.39 is 6.04 Å². The van der Waals surface area contributed by atoms with Gasteiger partial charge in [-0.15, -0.1) is 0 Å². The Kier molecular flexibility index (Phi) is 4.32. The maximum Gasteiger partial charge on any atom is 0.242 e. The van der Waals surface area contributed by atoms with Crippen LogP contribution in [-0.4, -0.2) is 22.0 Å². The molecule has 0 unspecified atom stereocenters. The van der Waals surface area contributed by atoms with Crippen LogP contribution in [0.1, 0.15) is 11.1 Å². The highest BCUT2D eigenvalue weighted by atomic mass is 16.3. The van der Waals surface area contributed by atoms with Crippen molar-refractivity contribution >= 4 is 11.7 Å². The molecule has 2 rings (SSSR count). The summed E-state index contributed by atoms with van der Waals surface area (Å²) in [5.74, 6) is 0.406. The number of pyridine rings is 1. The SMILES string of the molecule is Cc1ccnc(NC(=O)[C@H](N)Cc2ccc(O)cc2)c1. The fraction of sp³-hybridized carbons (Fsp3) is 0.200. The molecule has 2 aromatic rings. The molecule has 0 saturated heterocycles. The first-order valence-corrected chi connectivity index (χ1v) is 6.31. The maximum absolute atomic E-state index is 12.0. The number of amides is 1. The van der Waals surface area contributed by atoms with Gasteiger partial charge in [0.25, 0.3) is 0 Å². The van der Waals surface area contributed by atoms with Gasteiger partial charge in [-0.3, -0.25) is 4.79 Å². The number of nitrogens with zero attached hydrogens (tertiary/aromatic N) is 1. The lowest BCUT2D eigenvalue weighted by atomic mass is 10.1. The molecule has 0 aliphatic heterocycles. The molecular formula is C15H17N3O2. The van der Waals surface area contributed by atoms with Crippen molar-refractivity contribution in [2.75, 3.05) is 5.32 Å². The molecule has 1 amide bonds. The number of nitrogens with one attached hydrogen (secondary N) is 1. The van der Waals surface area contributed by atoms with E-state index in [0.29, 0.717) is 12.2 Å². The van der Waals surface area contributed by atoms with E-state index in [1.165, 1.54) is 0 Å². The van der Waals surface area contributed by atoms with Gasteiger partial charge in [0.2, 0.25) is 5.91 Å². The molecule has 0 radical (unpaired) electrons. The average molecular weight is 271 g/mol. The fourth-order valence-corrected chi connectivity index (χ4v) is 1.80. The van der Waals surface area contributed by atoms with Crippen molar-refractivity contribution in [1.29, 1.82) is 0 Å². The summed E-state index contributed by atoms with van der Waals surface area (Å²) in [4.78, 5) is 16.0. The van der Waals surface area contributed by atoms with Gasteiger partial charge in [0.15, 0.2) is 0 Å². The molecular weight excluding hydrogens is 254 g/mol. The fourth-order valence-electron chi connectivity index (χ4n) is 1.80. The topological polar surface area (TPSA) is 88.2 Å². The smallest absolute Gasteiger partial charge is 0.242 e. The first kappa shape index (κ1) is 14.0. The van der Waals surface area contributed by atoms with Gasteiger partial charge in [0.05, 0.1) is 6.04 Å². The van der Waals surface area contributed by atoms with Gasteiger partial charge < -0.3 is 16.2 Å². The van der Waals surface area contributed by atoms with E-state index in [2.05, 4.69) is 10.3 Å². The largest absolute Gasteiger partial charge is 0.508 e. The Morgan fingerprint density at radius 1 is 1.35 bits per heavy atom. The Hall–Kier alpha value is -2.40. The van der Waals surface area contributed by atoms with Crippen molar-refractivity contribution in [3.63, 3.8) is 0 Å². The second-order valence-electron chi connectivity index (χ2n) is 4.68. The highest BCUT2D eigenvalue weighted by Crippen LogP contribution is 2.12. The number of phenolic OH excluding ortho intramolecular Hbond substituents is 1. The lowest BCUT2D eigenvalue weighted by molar-refractivity contribution is -0.117. The molecule has 1 atom stereocenters. The summed E-state index contributed by atoms with van der Waals surface area (Å²) in [6, 6.07) is 9.60. The van der Waals surface area contributed by atoms with Crippen LogP contribution in [0, 0.1) is 6.92 Å². The molecule has 0 saturated carbocycles. The maximum atomic E-state index is 12.0. The van der Waals surface area contributed by atoms with Crippen molar-refractivity contribution in [3.8, 4) is 5.75 Å². The van der Waals surface area contributed by atoms with Crippen LogP contribution in [-0.2, 0) is 11.2 Å². The Bertz CT molecular complexity index is 596.